The number of aliphatic hydroxyl groups excluding tert-OH is 1. The second-order valence-corrected chi connectivity index (χ2v) is 4.62. The van der Waals surface area contributed by atoms with E-state index in [0.717, 1.165) is 22.5 Å². The first kappa shape index (κ1) is 12.8. The van der Waals surface area contributed by atoms with Gasteiger partial charge >= 0.3 is 0 Å². The van der Waals surface area contributed by atoms with Crippen LogP contribution >= 0.6 is 0 Å². The lowest BCUT2D eigenvalue weighted by Gasteiger charge is -2.13. The molecular weight excluding hydrogens is 231 g/mol. The van der Waals surface area contributed by atoms with Crippen LogP contribution < -0.4 is 0 Å². The molecule has 4 heteroatoms. The highest BCUT2D eigenvalue weighted by molar-refractivity contribution is 5.28. The monoisotopic (exact) mass is 248 g/mol. The van der Waals surface area contributed by atoms with Crippen LogP contribution in [0.15, 0.2) is 24.3 Å². The number of hydrogen-bond acceptors (Lipinski definition) is 2. The molecule has 1 aromatic heterocycles. The number of benzene rings is 1. The predicted molar refractivity (Wildman–Crippen MR) is 67.7 cm³/mol. The number of halogens is 1. The molecule has 0 aliphatic carbocycles. The van der Waals surface area contributed by atoms with E-state index in [1.165, 1.54) is 12.1 Å². The van der Waals surface area contributed by atoms with Crippen molar-refractivity contribution in [2.75, 3.05) is 0 Å². The van der Waals surface area contributed by atoms with E-state index in [4.69, 9.17) is 0 Å². The third-order valence-electron chi connectivity index (χ3n) is 3.10. The van der Waals surface area contributed by atoms with Crippen molar-refractivity contribution in [1.82, 2.24) is 9.78 Å². The highest BCUT2D eigenvalue weighted by Gasteiger charge is 2.15. The summed E-state index contributed by atoms with van der Waals surface area (Å²) in [5.41, 5.74) is 3.41. The minimum Gasteiger partial charge on any atom is -0.386 e. The highest BCUT2D eigenvalue weighted by Crippen LogP contribution is 2.21. The molecule has 0 radical (unpaired) electrons. The van der Waals surface area contributed by atoms with Gasteiger partial charge in [0.15, 0.2) is 0 Å². The summed E-state index contributed by atoms with van der Waals surface area (Å²) >= 11 is 0. The van der Waals surface area contributed by atoms with Gasteiger partial charge in [0.2, 0.25) is 0 Å². The van der Waals surface area contributed by atoms with E-state index in [0.29, 0.717) is 6.42 Å². The van der Waals surface area contributed by atoms with Gasteiger partial charge < -0.3 is 5.11 Å². The van der Waals surface area contributed by atoms with Gasteiger partial charge in [-0.1, -0.05) is 6.07 Å². The van der Waals surface area contributed by atoms with Crippen molar-refractivity contribution < 1.29 is 9.50 Å². The Morgan fingerprint density at radius 3 is 2.67 bits per heavy atom. The Balaban J connectivity index is 2.23. The van der Waals surface area contributed by atoms with Crippen molar-refractivity contribution in [2.45, 2.75) is 26.4 Å². The molecule has 0 fully saturated rings. The molecule has 0 saturated carbocycles. The van der Waals surface area contributed by atoms with E-state index in [-0.39, 0.29) is 5.82 Å². The Bertz CT molecular complexity index is 563. The molecule has 2 rings (SSSR count). The molecule has 96 valence electrons. The fourth-order valence-corrected chi connectivity index (χ4v) is 2.12. The van der Waals surface area contributed by atoms with Crippen LogP contribution in [0.2, 0.25) is 0 Å². The SMILES string of the molecule is Cc1cc(C(O)Cc2cc(F)ccc2C)n(C)n1. The van der Waals surface area contributed by atoms with Crippen LogP contribution in [0.4, 0.5) is 4.39 Å². The average molecular weight is 248 g/mol. The highest BCUT2D eigenvalue weighted by atomic mass is 19.1. The molecule has 1 heterocycles. The summed E-state index contributed by atoms with van der Waals surface area (Å²) in [6, 6.07) is 6.48. The molecule has 0 saturated heterocycles. The minimum atomic E-state index is -0.670. The van der Waals surface area contributed by atoms with E-state index in [2.05, 4.69) is 5.10 Å². The second-order valence-electron chi connectivity index (χ2n) is 4.62. The number of aryl methyl sites for hydroxylation is 3. The summed E-state index contributed by atoms with van der Waals surface area (Å²) in [4.78, 5) is 0. The number of rotatable bonds is 3. The molecule has 0 aliphatic rings. The van der Waals surface area contributed by atoms with Crippen molar-refractivity contribution in [3.8, 4) is 0 Å². The Hall–Kier alpha value is -1.68. The first-order chi connectivity index (χ1) is 8.47. The molecule has 0 amide bonds. The Labute approximate surface area is 106 Å². The van der Waals surface area contributed by atoms with E-state index >= 15 is 0 Å². The Morgan fingerprint density at radius 2 is 2.06 bits per heavy atom. The van der Waals surface area contributed by atoms with Gasteiger partial charge in [-0.3, -0.25) is 4.68 Å². The zero-order valence-electron chi connectivity index (χ0n) is 10.8. The van der Waals surface area contributed by atoms with Gasteiger partial charge in [-0.05, 0) is 43.2 Å². The van der Waals surface area contributed by atoms with Gasteiger partial charge in [0.25, 0.3) is 0 Å². The maximum atomic E-state index is 13.2. The van der Waals surface area contributed by atoms with E-state index in [1.54, 1.807) is 17.8 Å². The van der Waals surface area contributed by atoms with Crippen molar-refractivity contribution in [2.24, 2.45) is 7.05 Å². The van der Waals surface area contributed by atoms with Crippen LogP contribution in [0.1, 0.15) is 28.6 Å². The summed E-state index contributed by atoms with van der Waals surface area (Å²) in [5, 5.41) is 14.4. The fourth-order valence-electron chi connectivity index (χ4n) is 2.12. The van der Waals surface area contributed by atoms with Crippen molar-refractivity contribution >= 4 is 0 Å². The lowest BCUT2D eigenvalue weighted by atomic mass is 10.0. The molecule has 1 aromatic carbocycles. The number of nitrogens with zero attached hydrogens (tertiary/aromatic N) is 2. The van der Waals surface area contributed by atoms with Crippen LogP contribution in [-0.4, -0.2) is 14.9 Å². The summed E-state index contributed by atoms with van der Waals surface area (Å²) in [6.07, 6.45) is -0.278. The van der Waals surface area contributed by atoms with Crippen molar-refractivity contribution in [1.29, 1.82) is 0 Å². The molecule has 18 heavy (non-hydrogen) atoms. The third kappa shape index (κ3) is 2.59. The maximum absolute atomic E-state index is 13.2. The van der Waals surface area contributed by atoms with Crippen LogP contribution in [0, 0.1) is 19.7 Å². The van der Waals surface area contributed by atoms with Gasteiger partial charge in [0.1, 0.15) is 5.82 Å². The van der Waals surface area contributed by atoms with Crippen molar-refractivity contribution in [3.05, 3.63) is 52.6 Å². The fraction of sp³-hybridized carbons (Fsp3) is 0.357. The van der Waals surface area contributed by atoms with Gasteiger partial charge in [-0.15, -0.1) is 0 Å². The number of aliphatic hydroxyl groups is 1. The molecule has 1 unspecified atom stereocenters. The summed E-state index contributed by atoms with van der Waals surface area (Å²) in [5.74, 6) is -0.274. The first-order valence-corrected chi connectivity index (χ1v) is 5.91. The summed E-state index contributed by atoms with van der Waals surface area (Å²) < 4.78 is 14.8. The van der Waals surface area contributed by atoms with E-state index < -0.39 is 6.10 Å². The second kappa shape index (κ2) is 4.90. The predicted octanol–water partition coefficient (Wildman–Crippen LogP) is 2.45. The Morgan fingerprint density at radius 1 is 1.33 bits per heavy atom. The zero-order chi connectivity index (χ0) is 13.3. The quantitative estimate of drug-likeness (QED) is 0.906. The molecule has 1 N–H and O–H groups in total. The Kier molecular flexibility index (Phi) is 3.48. The summed E-state index contributed by atoms with van der Waals surface area (Å²) in [7, 11) is 1.80. The lowest BCUT2D eigenvalue weighted by Crippen LogP contribution is -2.08. The van der Waals surface area contributed by atoms with E-state index in [1.807, 2.05) is 19.9 Å². The molecule has 2 aromatic rings. The lowest BCUT2D eigenvalue weighted by molar-refractivity contribution is 0.168. The zero-order valence-corrected chi connectivity index (χ0v) is 10.8. The topological polar surface area (TPSA) is 38.0 Å². The van der Waals surface area contributed by atoms with Gasteiger partial charge in [-0.25, -0.2) is 4.39 Å². The van der Waals surface area contributed by atoms with E-state index in [9.17, 15) is 9.50 Å². The smallest absolute Gasteiger partial charge is 0.123 e. The average Bonchev–Trinajstić information content (AvgIpc) is 2.63. The van der Waals surface area contributed by atoms with Crippen molar-refractivity contribution in [3.63, 3.8) is 0 Å². The van der Waals surface area contributed by atoms with Crippen LogP contribution in [-0.2, 0) is 13.5 Å². The largest absolute Gasteiger partial charge is 0.386 e. The minimum absolute atomic E-state index is 0.274. The normalized spacial score (nSPS) is 12.7. The van der Waals surface area contributed by atoms with Gasteiger partial charge in [-0.2, -0.15) is 5.10 Å². The first-order valence-electron chi connectivity index (χ1n) is 5.91. The summed E-state index contributed by atoms with van der Waals surface area (Å²) in [6.45, 7) is 3.79. The van der Waals surface area contributed by atoms with Crippen LogP contribution in [0.25, 0.3) is 0 Å². The van der Waals surface area contributed by atoms with Gasteiger partial charge in [0.05, 0.1) is 17.5 Å². The molecule has 1 atom stereocenters. The molecular formula is C14H17FN2O. The van der Waals surface area contributed by atoms with Crippen LogP contribution in [0.5, 0.6) is 0 Å². The molecule has 0 bridgehead atoms. The molecule has 3 nitrogen and oxygen atoms in total. The third-order valence-corrected chi connectivity index (χ3v) is 3.10. The standard InChI is InChI=1S/C14H17FN2O/c1-9-4-5-12(15)7-11(9)8-14(18)13-6-10(2)16-17(13)3/h4-7,14,18H,8H2,1-3H3. The number of hydrogen-bond donors (Lipinski definition) is 1. The van der Waals surface area contributed by atoms with Crippen LogP contribution in [0.3, 0.4) is 0 Å². The molecule has 0 spiro atoms. The maximum Gasteiger partial charge on any atom is 0.123 e. The van der Waals surface area contributed by atoms with Gasteiger partial charge in [0, 0.05) is 13.5 Å². The number of aromatic nitrogens is 2. The molecule has 0 aliphatic heterocycles.